The second-order valence-corrected chi connectivity index (χ2v) is 7.69. The molecule has 26 heavy (non-hydrogen) atoms. The molecule has 3 nitrogen and oxygen atoms in total. The fraction of sp³-hybridized carbons (Fsp3) is 0.409. The van der Waals surface area contributed by atoms with Crippen molar-refractivity contribution in [2.24, 2.45) is 11.8 Å². The maximum atomic E-state index is 15.3. The Morgan fingerprint density at radius 3 is 2.08 bits per heavy atom. The average Bonchev–Trinajstić information content (AvgIpc) is 3.16. The van der Waals surface area contributed by atoms with Crippen molar-refractivity contribution in [3.05, 3.63) is 71.8 Å². The highest BCUT2D eigenvalue weighted by Crippen LogP contribution is 2.47. The zero-order valence-electron chi connectivity index (χ0n) is 14.8. The molecule has 4 heteroatoms. The summed E-state index contributed by atoms with van der Waals surface area (Å²) in [5, 5.41) is 0. The van der Waals surface area contributed by atoms with Crippen LogP contribution < -0.4 is 0 Å². The second kappa shape index (κ2) is 7.10. The third kappa shape index (κ3) is 3.74. The molecule has 0 bridgehead atoms. The molecule has 0 N–H and O–H groups in total. The van der Waals surface area contributed by atoms with Crippen LogP contribution in [0, 0.1) is 11.8 Å². The van der Waals surface area contributed by atoms with Crippen molar-refractivity contribution in [2.75, 3.05) is 13.1 Å². The molecular formula is C22H24FNO2. The van der Waals surface area contributed by atoms with Crippen molar-refractivity contribution in [2.45, 2.75) is 31.5 Å². The summed E-state index contributed by atoms with van der Waals surface area (Å²) in [6.45, 7) is 1.50. The van der Waals surface area contributed by atoms with Gasteiger partial charge in [0.2, 0.25) is 0 Å². The lowest BCUT2D eigenvalue weighted by Crippen LogP contribution is -2.33. The van der Waals surface area contributed by atoms with Crippen molar-refractivity contribution < 1.29 is 13.9 Å². The zero-order valence-corrected chi connectivity index (χ0v) is 14.8. The SMILES string of the molecule is O=C(OCc1ccccc1)N1C[C@@H]2C[C@](F)(Cc3ccccc3)C[C@@H]2C1. The molecule has 0 aromatic heterocycles. The number of amides is 1. The summed E-state index contributed by atoms with van der Waals surface area (Å²) in [5.74, 6) is 0.487. The third-order valence-corrected chi connectivity index (χ3v) is 5.66. The number of carbonyl (C=O) groups excluding carboxylic acids is 1. The van der Waals surface area contributed by atoms with E-state index < -0.39 is 5.67 Å². The lowest BCUT2D eigenvalue weighted by Gasteiger charge is -2.23. The molecule has 0 radical (unpaired) electrons. The highest BCUT2D eigenvalue weighted by molar-refractivity contribution is 5.68. The molecule has 1 saturated heterocycles. The number of benzene rings is 2. The van der Waals surface area contributed by atoms with Crippen molar-refractivity contribution in [3.8, 4) is 0 Å². The fourth-order valence-corrected chi connectivity index (χ4v) is 4.49. The molecule has 1 amide bonds. The summed E-state index contributed by atoms with van der Waals surface area (Å²) in [5.41, 5.74) is 0.886. The number of fused-ring (bicyclic) bond motifs is 1. The van der Waals surface area contributed by atoms with Crippen LogP contribution in [-0.2, 0) is 17.8 Å². The quantitative estimate of drug-likeness (QED) is 0.803. The van der Waals surface area contributed by atoms with Gasteiger partial charge in [0, 0.05) is 19.5 Å². The van der Waals surface area contributed by atoms with E-state index >= 15 is 4.39 Å². The summed E-state index contributed by atoms with van der Waals surface area (Å²) in [7, 11) is 0. The summed E-state index contributed by atoms with van der Waals surface area (Å²) < 4.78 is 20.7. The van der Waals surface area contributed by atoms with Crippen LogP contribution in [0.25, 0.3) is 0 Å². The maximum Gasteiger partial charge on any atom is 0.410 e. The Balaban J connectivity index is 1.30. The molecule has 4 rings (SSSR count). The van der Waals surface area contributed by atoms with Crippen molar-refractivity contribution in [1.82, 2.24) is 4.90 Å². The standard InChI is InChI=1S/C22H24FNO2/c23-22(11-17-7-3-1-4-8-17)12-19-14-24(15-20(19)13-22)21(25)26-16-18-9-5-2-6-10-18/h1-10,19-20H,11-16H2/t19-,20+,22+. The largest absolute Gasteiger partial charge is 0.445 e. The van der Waals surface area contributed by atoms with Gasteiger partial charge in [-0.25, -0.2) is 9.18 Å². The Hall–Kier alpha value is -2.36. The highest BCUT2D eigenvalue weighted by atomic mass is 19.1. The first-order chi connectivity index (χ1) is 12.6. The number of hydrogen-bond donors (Lipinski definition) is 0. The summed E-state index contributed by atoms with van der Waals surface area (Å²) in [6.07, 6.45) is 1.26. The van der Waals surface area contributed by atoms with Gasteiger partial charge >= 0.3 is 6.09 Å². The highest BCUT2D eigenvalue weighted by Gasteiger charge is 2.50. The van der Waals surface area contributed by atoms with Crippen LogP contribution in [0.4, 0.5) is 9.18 Å². The van der Waals surface area contributed by atoms with Gasteiger partial charge < -0.3 is 9.64 Å². The molecule has 2 aromatic rings. The van der Waals surface area contributed by atoms with Crippen molar-refractivity contribution in [1.29, 1.82) is 0 Å². The minimum Gasteiger partial charge on any atom is -0.445 e. The molecule has 2 aromatic carbocycles. The van der Waals surface area contributed by atoms with E-state index in [1.807, 2.05) is 60.7 Å². The molecule has 1 saturated carbocycles. The zero-order chi connectivity index (χ0) is 18.0. The Morgan fingerprint density at radius 2 is 1.50 bits per heavy atom. The molecule has 1 aliphatic carbocycles. The maximum absolute atomic E-state index is 15.3. The summed E-state index contributed by atoms with van der Waals surface area (Å²) >= 11 is 0. The molecule has 3 atom stereocenters. The minimum absolute atomic E-state index is 0.244. The van der Waals surface area contributed by atoms with E-state index in [0.717, 1.165) is 11.1 Å². The first kappa shape index (κ1) is 17.1. The van der Waals surface area contributed by atoms with E-state index in [4.69, 9.17) is 4.74 Å². The Morgan fingerprint density at radius 1 is 0.962 bits per heavy atom. The Kier molecular flexibility index (Phi) is 4.66. The predicted molar refractivity (Wildman–Crippen MR) is 98.4 cm³/mol. The van der Waals surface area contributed by atoms with Gasteiger partial charge in [0.25, 0.3) is 0 Å². The predicted octanol–water partition coefficient (Wildman–Crippen LogP) is 4.62. The third-order valence-electron chi connectivity index (χ3n) is 5.66. The van der Waals surface area contributed by atoms with E-state index in [-0.39, 0.29) is 24.5 Å². The van der Waals surface area contributed by atoms with Crippen LogP contribution in [-0.4, -0.2) is 29.8 Å². The number of rotatable bonds is 4. The number of halogens is 1. The minimum atomic E-state index is -1.14. The molecule has 1 aliphatic heterocycles. The number of likely N-dealkylation sites (tertiary alicyclic amines) is 1. The van der Waals surface area contributed by atoms with Crippen LogP contribution in [0.1, 0.15) is 24.0 Å². The van der Waals surface area contributed by atoms with Gasteiger partial charge in [-0.1, -0.05) is 60.7 Å². The number of alkyl halides is 1. The van der Waals surface area contributed by atoms with Crippen LogP contribution in [0.2, 0.25) is 0 Å². The molecular weight excluding hydrogens is 329 g/mol. The Bertz CT molecular complexity index is 735. The van der Waals surface area contributed by atoms with Crippen LogP contribution in [0.5, 0.6) is 0 Å². The van der Waals surface area contributed by atoms with E-state index in [9.17, 15) is 4.79 Å². The first-order valence-electron chi connectivity index (χ1n) is 9.30. The first-order valence-corrected chi connectivity index (χ1v) is 9.30. The topological polar surface area (TPSA) is 29.5 Å². The second-order valence-electron chi connectivity index (χ2n) is 7.69. The number of carbonyl (C=O) groups is 1. The summed E-state index contributed by atoms with van der Waals surface area (Å²) in [4.78, 5) is 14.1. The van der Waals surface area contributed by atoms with Crippen molar-refractivity contribution in [3.63, 3.8) is 0 Å². The molecule has 2 fully saturated rings. The van der Waals surface area contributed by atoms with E-state index in [1.165, 1.54) is 0 Å². The normalized spacial score (nSPS) is 27.3. The number of ether oxygens (including phenoxy) is 1. The van der Waals surface area contributed by atoms with E-state index in [0.29, 0.717) is 32.4 Å². The van der Waals surface area contributed by atoms with Gasteiger partial charge in [0.05, 0.1) is 0 Å². The molecule has 136 valence electrons. The molecule has 1 heterocycles. The van der Waals surface area contributed by atoms with E-state index in [1.54, 1.807) is 4.90 Å². The van der Waals surface area contributed by atoms with Crippen LogP contribution in [0.3, 0.4) is 0 Å². The van der Waals surface area contributed by atoms with Gasteiger partial charge in [-0.15, -0.1) is 0 Å². The Labute approximate surface area is 153 Å². The number of nitrogens with zero attached hydrogens (tertiary/aromatic N) is 1. The van der Waals surface area contributed by atoms with Crippen LogP contribution >= 0.6 is 0 Å². The lowest BCUT2D eigenvalue weighted by molar-refractivity contribution is 0.0946. The van der Waals surface area contributed by atoms with Gasteiger partial charge in [-0.2, -0.15) is 0 Å². The van der Waals surface area contributed by atoms with Gasteiger partial charge in [-0.3, -0.25) is 0 Å². The molecule has 0 unspecified atom stereocenters. The smallest absolute Gasteiger partial charge is 0.410 e. The van der Waals surface area contributed by atoms with E-state index in [2.05, 4.69) is 0 Å². The lowest BCUT2D eigenvalue weighted by atomic mass is 9.93. The van der Waals surface area contributed by atoms with Gasteiger partial charge in [0.1, 0.15) is 12.3 Å². The van der Waals surface area contributed by atoms with Gasteiger partial charge in [-0.05, 0) is 35.8 Å². The summed E-state index contributed by atoms with van der Waals surface area (Å²) in [6, 6.07) is 19.5. The molecule has 2 aliphatic rings. The number of hydrogen-bond acceptors (Lipinski definition) is 2. The molecule has 0 spiro atoms. The average molecular weight is 353 g/mol. The van der Waals surface area contributed by atoms with Crippen molar-refractivity contribution >= 4 is 6.09 Å². The fourth-order valence-electron chi connectivity index (χ4n) is 4.49. The van der Waals surface area contributed by atoms with Gasteiger partial charge in [0.15, 0.2) is 0 Å². The monoisotopic (exact) mass is 353 g/mol. The van der Waals surface area contributed by atoms with Crippen LogP contribution in [0.15, 0.2) is 60.7 Å².